The molecule has 1 unspecified atom stereocenters. The van der Waals surface area contributed by atoms with Crippen molar-refractivity contribution in [3.05, 3.63) is 64.7 Å². The Morgan fingerprint density at radius 1 is 1.03 bits per heavy atom. The molecule has 38 heavy (non-hydrogen) atoms. The number of non-ortho nitro benzene ring substituents is 1. The van der Waals surface area contributed by atoms with Gasteiger partial charge in [-0.1, -0.05) is 18.2 Å². The van der Waals surface area contributed by atoms with E-state index >= 15 is 0 Å². The Morgan fingerprint density at radius 2 is 1.58 bits per heavy atom. The van der Waals surface area contributed by atoms with Gasteiger partial charge in [0.2, 0.25) is 0 Å². The van der Waals surface area contributed by atoms with Crippen molar-refractivity contribution in [3.8, 4) is 11.5 Å². The number of esters is 1. The number of carbonyl (C=O) groups is 2. The number of nitrogens with one attached hydrogen (secondary N) is 1. The summed E-state index contributed by atoms with van der Waals surface area (Å²) < 4.78 is 35.8. The Kier molecular flexibility index (Phi) is 9.35. The van der Waals surface area contributed by atoms with Crippen molar-refractivity contribution in [1.82, 2.24) is 9.99 Å². The molecule has 1 amide bonds. The van der Waals surface area contributed by atoms with Gasteiger partial charge in [-0.15, -0.1) is 0 Å². The number of nitrogens with zero attached hydrogens (tertiary/aromatic N) is 2. The number of carbonyl (C=O) groups excluding carboxylic acids is 2. The Morgan fingerprint density at radius 3 is 2.11 bits per heavy atom. The van der Waals surface area contributed by atoms with Crippen LogP contribution in [0.5, 0.6) is 11.5 Å². The first-order chi connectivity index (χ1) is 17.8. The molecule has 2 atom stereocenters. The van der Waals surface area contributed by atoms with E-state index in [9.17, 15) is 24.3 Å². The fourth-order valence-corrected chi connectivity index (χ4v) is 5.02. The van der Waals surface area contributed by atoms with Gasteiger partial charge in [-0.3, -0.25) is 14.9 Å². The third kappa shape index (κ3) is 8.74. The van der Waals surface area contributed by atoms with Crippen molar-refractivity contribution in [3.63, 3.8) is 0 Å². The number of hydrogen-bond acceptors (Lipinski definition) is 9. The summed E-state index contributed by atoms with van der Waals surface area (Å²) in [6.45, 7) is 7.57. The van der Waals surface area contributed by atoms with Crippen LogP contribution in [0.25, 0.3) is 0 Å². The third-order valence-electron chi connectivity index (χ3n) is 5.32. The molecule has 0 radical (unpaired) electrons. The van der Waals surface area contributed by atoms with E-state index in [1.165, 1.54) is 31.2 Å². The van der Waals surface area contributed by atoms with Gasteiger partial charge < -0.3 is 23.4 Å². The summed E-state index contributed by atoms with van der Waals surface area (Å²) in [6, 6.07) is 12.1. The molecule has 206 valence electrons. The van der Waals surface area contributed by atoms with E-state index < -0.39 is 42.5 Å². The number of rotatable bonds is 9. The molecule has 0 aromatic heterocycles. The quantitative estimate of drug-likeness (QED) is 0.194. The minimum Gasteiger partial charge on any atom is -0.461 e. The van der Waals surface area contributed by atoms with Gasteiger partial charge in [-0.2, -0.15) is 5.09 Å². The molecule has 0 aliphatic carbocycles. The summed E-state index contributed by atoms with van der Waals surface area (Å²) in [6.07, 6.45) is -0.000170. The van der Waals surface area contributed by atoms with Crippen molar-refractivity contribution in [1.29, 1.82) is 0 Å². The summed E-state index contributed by atoms with van der Waals surface area (Å²) in [7, 11) is -4.20. The van der Waals surface area contributed by atoms with Gasteiger partial charge in [0.05, 0.1) is 4.92 Å². The zero-order valence-corrected chi connectivity index (χ0v) is 22.6. The molecule has 3 rings (SSSR count). The standard InChI is InChI=1S/C25H32N3O9P/c1-18(23(29)34-20-14-16-27(17-15-20)24(30)35-25(2,3)4)26-38(33,36-21-8-6-5-7-9-21)37-22-12-10-19(11-13-22)28(31)32/h5-13,18,20H,14-17H2,1-4H3,(H,26,33)/t18-,38?/m0/s1. The van der Waals surface area contributed by atoms with Crippen LogP contribution in [-0.4, -0.2) is 52.7 Å². The Labute approximate surface area is 220 Å². The zero-order valence-electron chi connectivity index (χ0n) is 21.7. The van der Waals surface area contributed by atoms with Crippen LogP contribution in [0.15, 0.2) is 54.6 Å². The monoisotopic (exact) mass is 549 g/mol. The molecule has 1 aliphatic heterocycles. The summed E-state index contributed by atoms with van der Waals surface area (Å²) in [5.74, 6) is -0.414. The van der Waals surface area contributed by atoms with Crippen LogP contribution in [0, 0.1) is 10.1 Å². The number of nitro groups is 1. The van der Waals surface area contributed by atoms with Crippen molar-refractivity contribution in [2.24, 2.45) is 0 Å². The Hall–Kier alpha value is -3.63. The number of piperidine rings is 1. The minimum atomic E-state index is -4.20. The number of amides is 1. The van der Waals surface area contributed by atoms with Crippen molar-refractivity contribution in [2.45, 2.75) is 58.3 Å². The molecular weight excluding hydrogens is 517 g/mol. The SMILES string of the molecule is C[C@H](NP(=O)(Oc1ccccc1)Oc1ccc([N+](=O)[O-])cc1)C(=O)OC1CCN(C(=O)OC(C)(C)C)CC1. The lowest BCUT2D eigenvalue weighted by Crippen LogP contribution is -2.45. The van der Waals surface area contributed by atoms with Gasteiger partial charge in [0.1, 0.15) is 29.2 Å². The first-order valence-corrected chi connectivity index (χ1v) is 13.6. The number of likely N-dealkylation sites (tertiary alicyclic amines) is 1. The van der Waals surface area contributed by atoms with Crippen LogP contribution >= 0.6 is 7.75 Å². The molecule has 1 aliphatic rings. The van der Waals surface area contributed by atoms with E-state index in [0.717, 1.165) is 0 Å². The highest BCUT2D eigenvalue weighted by atomic mass is 31.2. The van der Waals surface area contributed by atoms with Crippen molar-refractivity contribution < 1.29 is 37.6 Å². The summed E-state index contributed by atoms with van der Waals surface area (Å²) >= 11 is 0. The first-order valence-electron chi connectivity index (χ1n) is 12.1. The molecule has 0 bridgehead atoms. The molecule has 1 fully saturated rings. The topological polar surface area (TPSA) is 147 Å². The Bertz CT molecular complexity index is 1160. The molecule has 1 saturated heterocycles. The second-order valence-electron chi connectivity index (χ2n) is 9.70. The van der Waals surface area contributed by atoms with E-state index in [-0.39, 0.29) is 17.2 Å². The highest BCUT2D eigenvalue weighted by molar-refractivity contribution is 7.52. The molecule has 0 spiro atoms. The van der Waals surface area contributed by atoms with Gasteiger partial charge in [-0.25, -0.2) is 9.36 Å². The van der Waals surface area contributed by atoms with E-state index in [2.05, 4.69) is 5.09 Å². The normalized spacial score (nSPS) is 16.6. The van der Waals surface area contributed by atoms with Crippen LogP contribution in [0.4, 0.5) is 10.5 Å². The smallest absolute Gasteiger partial charge is 0.461 e. The zero-order chi connectivity index (χ0) is 27.9. The average molecular weight is 550 g/mol. The summed E-state index contributed by atoms with van der Waals surface area (Å²) in [5, 5.41) is 13.5. The van der Waals surface area contributed by atoms with Gasteiger partial charge in [0.15, 0.2) is 0 Å². The fraction of sp³-hybridized carbons (Fsp3) is 0.440. The number of benzene rings is 2. The predicted molar refractivity (Wildman–Crippen MR) is 138 cm³/mol. The highest BCUT2D eigenvalue weighted by Gasteiger charge is 2.35. The molecule has 2 aromatic rings. The van der Waals surface area contributed by atoms with Gasteiger partial charge in [0.25, 0.3) is 5.69 Å². The number of nitro benzene ring substituents is 1. The predicted octanol–water partition coefficient (Wildman–Crippen LogP) is 5.08. The molecule has 0 saturated carbocycles. The van der Waals surface area contributed by atoms with E-state index in [1.54, 1.807) is 56.0 Å². The van der Waals surface area contributed by atoms with E-state index in [1.807, 2.05) is 0 Å². The second-order valence-corrected chi connectivity index (χ2v) is 11.3. The molecule has 1 heterocycles. The van der Waals surface area contributed by atoms with Crippen LogP contribution < -0.4 is 14.1 Å². The maximum atomic E-state index is 13.7. The van der Waals surface area contributed by atoms with Crippen molar-refractivity contribution >= 4 is 25.5 Å². The largest absolute Gasteiger partial charge is 0.513 e. The number of para-hydroxylation sites is 1. The number of ether oxygens (including phenoxy) is 2. The summed E-state index contributed by atoms with van der Waals surface area (Å²) in [4.78, 5) is 37.0. The molecular formula is C25H32N3O9P. The fourth-order valence-electron chi connectivity index (χ4n) is 3.50. The van der Waals surface area contributed by atoms with Crippen LogP contribution in [0.1, 0.15) is 40.5 Å². The van der Waals surface area contributed by atoms with E-state index in [0.29, 0.717) is 25.9 Å². The number of hydrogen-bond donors (Lipinski definition) is 1. The van der Waals surface area contributed by atoms with E-state index in [4.69, 9.17) is 18.5 Å². The lowest BCUT2D eigenvalue weighted by molar-refractivity contribution is -0.384. The molecule has 12 nitrogen and oxygen atoms in total. The van der Waals surface area contributed by atoms with Crippen LogP contribution in [0.3, 0.4) is 0 Å². The van der Waals surface area contributed by atoms with Gasteiger partial charge >= 0.3 is 19.8 Å². The molecule has 1 N–H and O–H groups in total. The van der Waals surface area contributed by atoms with Crippen LogP contribution in [-0.2, 0) is 18.8 Å². The third-order valence-corrected chi connectivity index (χ3v) is 6.93. The maximum Gasteiger partial charge on any atom is 0.513 e. The van der Waals surface area contributed by atoms with Crippen LogP contribution in [0.2, 0.25) is 0 Å². The maximum absolute atomic E-state index is 13.7. The Balaban J connectivity index is 1.62. The highest BCUT2D eigenvalue weighted by Crippen LogP contribution is 2.45. The first kappa shape index (κ1) is 28.9. The second kappa shape index (κ2) is 12.3. The lowest BCUT2D eigenvalue weighted by atomic mass is 10.1. The minimum absolute atomic E-state index is 0.0393. The van der Waals surface area contributed by atoms with Gasteiger partial charge in [-0.05, 0) is 52.0 Å². The lowest BCUT2D eigenvalue weighted by Gasteiger charge is -2.33. The average Bonchev–Trinajstić information content (AvgIpc) is 2.84. The summed E-state index contributed by atoms with van der Waals surface area (Å²) in [5.41, 5.74) is -0.771. The molecule has 2 aromatic carbocycles. The van der Waals surface area contributed by atoms with Crippen molar-refractivity contribution in [2.75, 3.05) is 13.1 Å². The van der Waals surface area contributed by atoms with Gasteiger partial charge in [0, 0.05) is 38.1 Å². The molecule has 13 heteroatoms.